The lowest BCUT2D eigenvalue weighted by Gasteiger charge is -2.43. The van der Waals surface area contributed by atoms with Gasteiger partial charge in [-0.05, 0) is 12.8 Å². The zero-order valence-corrected chi connectivity index (χ0v) is 8.38. The zero-order valence-electron chi connectivity index (χ0n) is 8.38. The van der Waals surface area contributed by atoms with Crippen molar-refractivity contribution in [2.75, 3.05) is 0 Å². The number of urea groups is 1. The second-order valence-electron chi connectivity index (χ2n) is 4.22. The molecule has 2 rings (SSSR count). The third-order valence-electron chi connectivity index (χ3n) is 3.29. The van der Waals surface area contributed by atoms with E-state index in [1.807, 2.05) is 6.07 Å². The molecule has 1 heterocycles. The van der Waals surface area contributed by atoms with Gasteiger partial charge < -0.3 is 5.32 Å². The van der Waals surface area contributed by atoms with Crippen LogP contribution in [0.1, 0.15) is 32.1 Å². The van der Waals surface area contributed by atoms with Crippen molar-refractivity contribution in [3.63, 3.8) is 0 Å². The second-order valence-corrected chi connectivity index (χ2v) is 4.22. The highest BCUT2D eigenvalue weighted by Crippen LogP contribution is 2.35. The quantitative estimate of drug-likeness (QED) is 0.612. The maximum absolute atomic E-state index is 11.5. The number of imide groups is 1. The van der Waals surface area contributed by atoms with E-state index in [2.05, 4.69) is 10.6 Å². The lowest BCUT2D eigenvalue weighted by Crippen LogP contribution is -2.66. The molecule has 2 fully saturated rings. The van der Waals surface area contributed by atoms with Crippen molar-refractivity contribution >= 4 is 11.9 Å². The lowest BCUT2D eigenvalue weighted by atomic mass is 9.72. The molecule has 0 aromatic rings. The van der Waals surface area contributed by atoms with Gasteiger partial charge in [-0.1, -0.05) is 19.3 Å². The third kappa shape index (κ3) is 1.56. The van der Waals surface area contributed by atoms with Crippen molar-refractivity contribution in [1.29, 1.82) is 5.26 Å². The molecule has 1 unspecified atom stereocenters. The van der Waals surface area contributed by atoms with Crippen LogP contribution in [0.2, 0.25) is 0 Å². The molecule has 1 atom stereocenters. The van der Waals surface area contributed by atoms with Gasteiger partial charge in [-0.25, -0.2) is 4.79 Å². The van der Waals surface area contributed by atoms with Crippen LogP contribution < -0.4 is 10.6 Å². The Morgan fingerprint density at radius 3 is 2.53 bits per heavy atom. The number of carbonyl (C=O) groups excluding carboxylic acids is 2. The Hall–Kier alpha value is -1.57. The van der Waals surface area contributed by atoms with Gasteiger partial charge >= 0.3 is 6.03 Å². The molecule has 2 N–H and O–H groups in total. The Morgan fingerprint density at radius 2 is 1.93 bits per heavy atom. The highest BCUT2D eigenvalue weighted by molar-refractivity contribution is 6.00. The molecule has 1 aliphatic carbocycles. The molecule has 1 saturated carbocycles. The number of hydrogen-bond donors (Lipinski definition) is 2. The molecule has 80 valence electrons. The fourth-order valence-electron chi connectivity index (χ4n) is 2.54. The summed E-state index contributed by atoms with van der Waals surface area (Å²) < 4.78 is 0. The maximum atomic E-state index is 11.5. The van der Waals surface area contributed by atoms with E-state index in [0.717, 1.165) is 32.1 Å². The van der Waals surface area contributed by atoms with Crippen LogP contribution in [0.3, 0.4) is 0 Å². The summed E-state index contributed by atoms with van der Waals surface area (Å²) in [5, 5.41) is 13.9. The largest absolute Gasteiger partial charge is 0.330 e. The van der Waals surface area contributed by atoms with Crippen molar-refractivity contribution < 1.29 is 9.59 Å². The van der Waals surface area contributed by atoms with Crippen LogP contribution in [0.15, 0.2) is 0 Å². The fraction of sp³-hybridized carbons (Fsp3) is 0.700. The number of nitrogens with one attached hydrogen (secondary N) is 2. The molecule has 5 nitrogen and oxygen atoms in total. The van der Waals surface area contributed by atoms with Crippen molar-refractivity contribution in [3.05, 3.63) is 0 Å². The van der Waals surface area contributed by atoms with E-state index in [1.165, 1.54) is 0 Å². The van der Waals surface area contributed by atoms with Crippen LogP contribution in [0.5, 0.6) is 0 Å². The molecule has 0 bridgehead atoms. The molecule has 2 aliphatic rings. The van der Waals surface area contributed by atoms with Gasteiger partial charge in [-0.2, -0.15) is 5.26 Å². The second kappa shape index (κ2) is 3.54. The van der Waals surface area contributed by atoms with Gasteiger partial charge in [0, 0.05) is 0 Å². The Morgan fingerprint density at radius 1 is 1.27 bits per heavy atom. The van der Waals surface area contributed by atoms with E-state index < -0.39 is 23.4 Å². The minimum Gasteiger partial charge on any atom is -0.330 e. The molecular formula is C10H13N3O2. The van der Waals surface area contributed by atoms with Gasteiger partial charge in [0.15, 0.2) is 0 Å². The van der Waals surface area contributed by atoms with E-state index in [0.29, 0.717) is 0 Å². The molecule has 1 saturated heterocycles. The van der Waals surface area contributed by atoms with E-state index in [-0.39, 0.29) is 0 Å². The highest BCUT2D eigenvalue weighted by Gasteiger charge is 2.48. The number of nitriles is 1. The number of amides is 3. The monoisotopic (exact) mass is 207 g/mol. The van der Waals surface area contributed by atoms with E-state index >= 15 is 0 Å². The number of rotatable bonds is 0. The molecule has 1 aliphatic heterocycles. The molecule has 3 amide bonds. The van der Waals surface area contributed by atoms with Crippen LogP contribution in [0.25, 0.3) is 0 Å². The molecule has 0 aromatic carbocycles. The van der Waals surface area contributed by atoms with Crippen LogP contribution in [0.4, 0.5) is 4.79 Å². The predicted octanol–water partition coefficient (Wildman–Crippen LogP) is 0.668. The van der Waals surface area contributed by atoms with Gasteiger partial charge in [0.2, 0.25) is 5.91 Å². The topological polar surface area (TPSA) is 82.0 Å². The Labute approximate surface area is 87.8 Å². The first-order chi connectivity index (χ1) is 7.18. The van der Waals surface area contributed by atoms with Gasteiger partial charge in [0.05, 0.1) is 11.6 Å². The standard InChI is InChI=1S/C10H13N3O2/c11-6-7-8(14)12-9(15)13-10(7)4-2-1-3-5-10/h7H,1-5H2,(H2,12,13,14,15). The Balaban J connectivity index is 2.29. The van der Waals surface area contributed by atoms with E-state index in [4.69, 9.17) is 5.26 Å². The first-order valence-corrected chi connectivity index (χ1v) is 5.20. The number of nitrogens with zero attached hydrogens (tertiary/aromatic N) is 1. The lowest BCUT2D eigenvalue weighted by molar-refractivity contribution is -0.126. The third-order valence-corrected chi connectivity index (χ3v) is 3.29. The van der Waals surface area contributed by atoms with Crippen molar-refractivity contribution in [1.82, 2.24) is 10.6 Å². The first kappa shape index (κ1) is 9.97. The van der Waals surface area contributed by atoms with E-state index in [9.17, 15) is 9.59 Å². The molecular weight excluding hydrogens is 194 g/mol. The SMILES string of the molecule is N#CC1C(=O)NC(=O)NC12CCCCC2. The summed E-state index contributed by atoms with van der Waals surface area (Å²) in [5.74, 6) is -1.20. The molecule has 5 heteroatoms. The van der Waals surface area contributed by atoms with Crippen molar-refractivity contribution in [2.24, 2.45) is 5.92 Å². The summed E-state index contributed by atoms with van der Waals surface area (Å²) in [6, 6.07) is 1.54. The summed E-state index contributed by atoms with van der Waals surface area (Å²) in [6.07, 6.45) is 4.49. The van der Waals surface area contributed by atoms with Crippen molar-refractivity contribution in [3.8, 4) is 6.07 Å². The van der Waals surface area contributed by atoms with Gasteiger partial charge in [-0.3, -0.25) is 10.1 Å². The summed E-state index contributed by atoms with van der Waals surface area (Å²) >= 11 is 0. The van der Waals surface area contributed by atoms with E-state index in [1.54, 1.807) is 0 Å². The highest BCUT2D eigenvalue weighted by atomic mass is 16.2. The molecule has 15 heavy (non-hydrogen) atoms. The average Bonchev–Trinajstić information content (AvgIpc) is 2.18. The normalized spacial score (nSPS) is 29.1. The van der Waals surface area contributed by atoms with Gasteiger partial charge in [0.25, 0.3) is 0 Å². The predicted molar refractivity (Wildman–Crippen MR) is 51.6 cm³/mol. The number of carbonyl (C=O) groups is 2. The summed E-state index contributed by atoms with van der Waals surface area (Å²) in [5.41, 5.74) is -0.605. The minimum atomic E-state index is -0.740. The zero-order chi connectivity index (χ0) is 10.9. The first-order valence-electron chi connectivity index (χ1n) is 5.20. The van der Waals surface area contributed by atoms with Gasteiger partial charge in [-0.15, -0.1) is 0 Å². The maximum Gasteiger partial charge on any atom is 0.321 e. The smallest absolute Gasteiger partial charge is 0.321 e. The Bertz CT molecular complexity index is 339. The summed E-state index contributed by atoms with van der Waals surface area (Å²) in [7, 11) is 0. The van der Waals surface area contributed by atoms with Crippen LogP contribution in [-0.4, -0.2) is 17.5 Å². The van der Waals surface area contributed by atoms with Crippen LogP contribution in [0, 0.1) is 17.2 Å². The molecule has 1 spiro atoms. The fourth-order valence-corrected chi connectivity index (χ4v) is 2.54. The molecule has 0 aromatic heterocycles. The molecule has 0 radical (unpaired) electrons. The summed E-state index contributed by atoms with van der Waals surface area (Å²) in [4.78, 5) is 22.8. The van der Waals surface area contributed by atoms with Gasteiger partial charge in [0.1, 0.15) is 5.92 Å². The number of hydrogen-bond acceptors (Lipinski definition) is 3. The van der Waals surface area contributed by atoms with Crippen LogP contribution in [-0.2, 0) is 4.79 Å². The Kier molecular flexibility index (Phi) is 2.35. The van der Waals surface area contributed by atoms with Crippen molar-refractivity contribution in [2.45, 2.75) is 37.6 Å². The minimum absolute atomic E-state index is 0.455. The summed E-state index contributed by atoms with van der Waals surface area (Å²) in [6.45, 7) is 0. The van der Waals surface area contributed by atoms with Crippen LogP contribution >= 0.6 is 0 Å². The average molecular weight is 207 g/mol.